The number of carbonyl (C=O) groups excluding carboxylic acids is 1. The molecule has 2 rings (SSSR count). The number of amides is 1. The van der Waals surface area contributed by atoms with Gasteiger partial charge in [0.2, 0.25) is 5.91 Å². The van der Waals surface area contributed by atoms with Gasteiger partial charge in [0.15, 0.2) is 5.82 Å². The minimum absolute atomic E-state index is 0.00571. The molecule has 1 fully saturated rings. The van der Waals surface area contributed by atoms with Crippen molar-refractivity contribution in [1.82, 2.24) is 5.16 Å². The normalized spacial score (nSPS) is 17.6. The molecule has 0 saturated heterocycles. The minimum Gasteiger partial charge on any atom is -0.481 e. The highest BCUT2D eigenvalue weighted by atomic mass is 16.5. The molecule has 1 aliphatic rings. The van der Waals surface area contributed by atoms with Crippen LogP contribution in [0.2, 0.25) is 0 Å². The van der Waals surface area contributed by atoms with Crippen LogP contribution in [0.1, 0.15) is 37.9 Å². The molecule has 0 spiro atoms. The summed E-state index contributed by atoms with van der Waals surface area (Å²) in [5, 5.41) is 15.5. The monoisotopic (exact) mass is 252 g/mol. The van der Waals surface area contributed by atoms with Crippen LogP contribution in [0.3, 0.4) is 0 Å². The Bertz CT molecular complexity index is 460. The third-order valence-corrected chi connectivity index (χ3v) is 3.41. The molecular weight excluding hydrogens is 236 g/mol. The average molecular weight is 252 g/mol. The van der Waals surface area contributed by atoms with E-state index in [4.69, 9.17) is 4.52 Å². The summed E-state index contributed by atoms with van der Waals surface area (Å²) < 4.78 is 4.83. The molecule has 6 heteroatoms. The lowest BCUT2D eigenvalue weighted by atomic mass is 9.82. The Morgan fingerprint density at radius 3 is 2.67 bits per heavy atom. The third-order valence-electron chi connectivity index (χ3n) is 3.41. The molecule has 0 radical (unpaired) electrons. The van der Waals surface area contributed by atoms with Gasteiger partial charge in [-0.3, -0.25) is 9.59 Å². The SMILES string of the molecule is Cc1cc(NC(=O)CC2(C(=O)O)CCCC2)no1. The van der Waals surface area contributed by atoms with Gasteiger partial charge in [-0.05, 0) is 19.8 Å². The lowest BCUT2D eigenvalue weighted by Crippen LogP contribution is -2.32. The van der Waals surface area contributed by atoms with Crippen LogP contribution in [0.25, 0.3) is 0 Å². The number of anilines is 1. The summed E-state index contributed by atoms with van der Waals surface area (Å²) in [7, 11) is 0. The van der Waals surface area contributed by atoms with E-state index in [1.165, 1.54) is 0 Å². The van der Waals surface area contributed by atoms with Crippen LogP contribution in [-0.2, 0) is 9.59 Å². The van der Waals surface area contributed by atoms with E-state index in [9.17, 15) is 14.7 Å². The first kappa shape index (κ1) is 12.6. The fourth-order valence-corrected chi connectivity index (χ4v) is 2.44. The van der Waals surface area contributed by atoms with Gasteiger partial charge < -0.3 is 14.9 Å². The van der Waals surface area contributed by atoms with Gasteiger partial charge >= 0.3 is 5.97 Å². The van der Waals surface area contributed by atoms with Crippen molar-refractivity contribution in [2.24, 2.45) is 5.41 Å². The van der Waals surface area contributed by atoms with Crippen LogP contribution in [0.15, 0.2) is 10.6 Å². The molecule has 0 aliphatic heterocycles. The Balaban J connectivity index is 1.99. The van der Waals surface area contributed by atoms with Gasteiger partial charge in [0.05, 0.1) is 5.41 Å². The van der Waals surface area contributed by atoms with E-state index in [0.29, 0.717) is 24.4 Å². The van der Waals surface area contributed by atoms with Gasteiger partial charge in [0.25, 0.3) is 0 Å². The molecule has 1 aromatic heterocycles. The molecule has 1 aliphatic carbocycles. The Morgan fingerprint density at radius 2 is 2.17 bits per heavy atom. The lowest BCUT2D eigenvalue weighted by molar-refractivity contribution is -0.150. The predicted octanol–water partition coefficient (Wildman–Crippen LogP) is 1.96. The van der Waals surface area contributed by atoms with Gasteiger partial charge in [-0.2, -0.15) is 0 Å². The van der Waals surface area contributed by atoms with E-state index in [1.807, 2.05) is 0 Å². The zero-order chi connectivity index (χ0) is 13.2. The van der Waals surface area contributed by atoms with Crippen molar-refractivity contribution in [2.75, 3.05) is 5.32 Å². The van der Waals surface area contributed by atoms with Crippen LogP contribution in [0, 0.1) is 12.3 Å². The Kier molecular flexibility index (Phi) is 3.36. The minimum atomic E-state index is -0.900. The van der Waals surface area contributed by atoms with Crippen molar-refractivity contribution in [3.05, 3.63) is 11.8 Å². The van der Waals surface area contributed by atoms with Crippen LogP contribution >= 0.6 is 0 Å². The highest BCUT2D eigenvalue weighted by molar-refractivity contribution is 5.93. The molecule has 1 saturated carbocycles. The summed E-state index contributed by atoms with van der Waals surface area (Å²) in [5.74, 6) is -0.283. The van der Waals surface area contributed by atoms with Crippen LogP contribution in [0.5, 0.6) is 0 Å². The molecule has 0 aromatic carbocycles. The molecule has 6 nitrogen and oxygen atoms in total. The van der Waals surface area contributed by atoms with E-state index < -0.39 is 11.4 Å². The maximum absolute atomic E-state index is 11.8. The lowest BCUT2D eigenvalue weighted by Gasteiger charge is -2.22. The second kappa shape index (κ2) is 4.80. The standard InChI is InChI=1S/C12H16N2O4/c1-8-6-9(14-18-8)13-10(15)7-12(11(16)17)4-2-3-5-12/h6H,2-5,7H2,1H3,(H,16,17)(H,13,14,15). The smallest absolute Gasteiger partial charge is 0.310 e. The summed E-state index contributed by atoms with van der Waals surface area (Å²) in [6, 6.07) is 1.60. The van der Waals surface area contributed by atoms with E-state index in [-0.39, 0.29) is 12.3 Å². The quantitative estimate of drug-likeness (QED) is 0.854. The molecule has 2 N–H and O–H groups in total. The molecule has 98 valence electrons. The van der Waals surface area contributed by atoms with Crippen LogP contribution in [-0.4, -0.2) is 22.1 Å². The van der Waals surface area contributed by atoms with Gasteiger partial charge in [-0.25, -0.2) is 0 Å². The zero-order valence-electron chi connectivity index (χ0n) is 10.2. The first-order valence-electron chi connectivity index (χ1n) is 5.98. The molecule has 1 heterocycles. The second-order valence-corrected chi connectivity index (χ2v) is 4.84. The number of nitrogens with one attached hydrogen (secondary N) is 1. The van der Waals surface area contributed by atoms with Crippen molar-refractivity contribution in [2.45, 2.75) is 39.0 Å². The Labute approximate surface area is 104 Å². The maximum Gasteiger partial charge on any atom is 0.310 e. The number of aliphatic carboxylic acids is 1. The van der Waals surface area contributed by atoms with E-state index >= 15 is 0 Å². The number of carboxylic acids is 1. The largest absolute Gasteiger partial charge is 0.481 e. The predicted molar refractivity (Wildman–Crippen MR) is 63.0 cm³/mol. The van der Waals surface area contributed by atoms with Crippen molar-refractivity contribution in [3.63, 3.8) is 0 Å². The zero-order valence-corrected chi connectivity index (χ0v) is 10.2. The first-order valence-corrected chi connectivity index (χ1v) is 5.98. The van der Waals surface area contributed by atoms with Gasteiger partial charge in [0.1, 0.15) is 5.76 Å². The number of rotatable bonds is 4. The van der Waals surface area contributed by atoms with Gasteiger partial charge in [0, 0.05) is 12.5 Å². The number of hydrogen-bond acceptors (Lipinski definition) is 4. The number of hydrogen-bond donors (Lipinski definition) is 2. The van der Waals surface area contributed by atoms with E-state index in [1.54, 1.807) is 13.0 Å². The van der Waals surface area contributed by atoms with E-state index in [0.717, 1.165) is 12.8 Å². The number of aromatic nitrogens is 1. The number of carbonyl (C=O) groups is 2. The summed E-state index contributed by atoms with van der Waals surface area (Å²) in [6.07, 6.45) is 2.85. The fraction of sp³-hybridized carbons (Fsp3) is 0.583. The number of nitrogens with zero attached hydrogens (tertiary/aromatic N) is 1. The molecule has 0 bridgehead atoms. The van der Waals surface area contributed by atoms with Crippen molar-refractivity contribution in [3.8, 4) is 0 Å². The molecule has 0 atom stereocenters. The summed E-state index contributed by atoms with van der Waals surface area (Å²) >= 11 is 0. The number of aryl methyl sites for hydroxylation is 1. The van der Waals surface area contributed by atoms with Gasteiger partial charge in [-0.1, -0.05) is 18.0 Å². The number of carboxylic acid groups (broad SMARTS) is 1. The summed E-state index contributed by atoms with van der Waals surface area (Å²) in [4.78, 5) is 23.1. The molecular formula is C12H16N2O4. The molecule has 1 amide bonds. The summed E-state index contributed by atoms with van der Waals surface area (Å²) in [5.41, 5.74) is -0.900. The Morgan fingerprint density at radius 1 is 1.50 bits per heavy atom. The highest BCUT2D eigenvalue weighted by Crippen LogP contribution is 2.41. The van der Waals surface area contributed by atoms with Crippen molar-refractivity contribution in [1.29, 1.82) is 0 Å². The summed E-state index contributed by atoms with van der Waals surface area (Å²) in [6.45, 7) is 1.72. The van der Waals surface area contributed by atoms with Crippen LogP contribution < -0.4 is 5.32 Å². The van der Waals surface area contributed by atoms with Crippen molar-refractivity contribution >= 4 is 17.7 Å². The third kappa shape index (κ3) is 2.52. The van der Waals surface area contributed by atoms with Crippen LogP contribution in [0.4, 0.5) is 5.82 Å². The molecule has 18 heavy (non-hydrogen) atoms. The first-order chi connectivity index (χ1) is 8.52. The topological polar surface area (TPSA) is 92.4 Å². The van der Waals surface area contributed by atoms with E-state index in [2.05, 4.69) is 10.5 Å². The second-order valence-electron chi connectivity index (χ2n) is 4.84. The maximum atomic E-state index is 11.8. The van der Waals surface area contributed by atoms with Gasteiger partial charge in [-0.15, -0.1) is 0 Å². The average Bonchev–Trinajstić information content (AvgIpc) is 2.89. The molecule has 0 unspecified atom stereocenters. The van der Waals surface area contributed by atoms with Crippen molar-refractivity contribution < 1.29 is 19.2 Å². The Hall–Kier alpha value is -1.85. The highest BCUT2D eigenvalue weighted by Gasteiger charge is 2.43. The fourth-order valence-electron chi connectivity index (χ4n) is 2.44. The molecule has 1 aromatic rings.